The van der Waals surface area contributed by atoms with Crippen LogP contribution in [0.2, 0.25) is 0 Å². The SMILES string of the molecule is C=CCC(CC=C)C(C)N.Cl. The summed E-state index contributed by atoms with van der Waals surface area (Å²) in [6, 6.07) is 0.246. The molecule has 0 bridgehead atoms. The monoisotopic (exact) mass is 175 g/mol. The maximum Gasteiger partial charge on any atom is 0.00446 e. The van der Waals surface area contributed by atoms with Crippen molar-refractivity contribution in [1.29, 1.82) is 0 Å². The third-order valence-corrected chi connectivity index (χ3v) is 1.68. The van der Waals surface area contributed by atoms with Crippen LogP contribution in [0.25, 0.3) is 0 Å². The summed E-state index contributed by atoms with van der Waals surface area (Å²) in [6.45, 7) is 9.38. The van der Waals surface area contributed by atoms with Gasteiger partial charge in [-0.15, -0.1) is 25.6 Å². The lowest BCUT2D eigenvalue weighted by atomic mass is 9.95. The standard InChI is InChI=1S/C9H17N.ClH/c1-4-6-9(7-5-2)8(3)10;/h4-5,8-9H,1-2,6-7,10H2,3H3;1H. The van der Waals surface area contributed by atoms with E-state index in [9.17, 15) is 0 Å². The molecule has 1 nitrogen and oxygen atoms in total. The summed E-state index contributed by atoms with van der Waals surface area (Å²) >= 11 is 0. The minimum Gasteiger partial charge on any atom is -0.328 e. The summed E-state index contributed by atoms with van der Waals surface area (Å²) < 4.78 is 0. The van der Waals surface area contributed by atoms with Crippen molar-refractivity contribution in [3.05, 3.63) is 25.3 Å². The lowest BCUT2D eigenvalue weighted by Gasteiger charge is -2.16. The van der Waals surface area contributed by atoms with Gasteiger partial charge in [-0.25, -0.2) is 0 Å². The van der Waals surface area contributed by atoms with Crippen LogP contribution < -0.4 is 5.73 Å². The Kier molecular flexibility index (Phi) is 9.49. The summed E-state index contributed by atoms with van der Waals surface area (Å²) in [5.74, 6) is 0.523. The second-order valence-corrected chi connectivity index (χ2v) is 2.67. The first kappa shape index (κ1) is 13.3. The molecule has 0 spiro atoms. The average Bonchev–Trinajstić information content (AvgIpc) is 1.87. The molecule has 0 aliphatic rings. The third-order valence-electron chi connectivity index (χ3n) is 1.68. The molecule has 0 aliphatic heterocycles. The van der Waals surface area contributed by atoms with E-state index in [-0.39, 0.29) is 18.4 Å². The highest BCUT2D eigenvalue weighted by Gasteiger charge is 2.08. The molecule has 0 aromatic rings. The quantitative estimate of drug-likeness (QED) is 0.639. The molecule has 0 saturated carbocycles. The second kappa shape index (κ2) is 7.83. The van der Waals surface area contributed by atoms with Crippen molar-refractivity contribution in [3.8, 4) is 0 Å². The van der Waals surface area contributed by atoms with Crippen LogP contribution in [0, 0.1) is 5.92 Å². The summed E-state index contributed by atoms with van der Waals surface area (Å²) in [5, 5.41) is 0. The topological polar surface area (TPSA) is 26.0 Å². The molecule has 0 heterocycles. The van der Waals surface area contributed by atoms with E-state index >= 15 is 0 Å². The van der Waals surface area contributed by atoms with Crippen LogP contribution in [-0.4, -0.2) is 6.04 Å². The molecule has 0 aliphatic carbocycles. The highest BCUT2D eigenvalue weighted by molar-refractivity contribution is 5.85. The molecule has 0 rings (SSSR count). The molecule has 1 atom stereocenters. The normalized spacial score (nSPS) is 11.9. The molecule has 0 saturated heterocycles. The van der Waals surface area contributed by atoms with E-state index in [1.54, 1.807) is 0 Å². The second-order valence-electron chi connectivity index (χ2n) is 2.67. The Morgan fingerprint density at radius 2 is 1.64 bits per heavy atom. The Morgan fingerprint density at radius 3 is 1.82 bits per heavy atom. The lowest BCUT2D eigenvalue weighted by Crippen LogP contribution is -2.25. The van der Waals surface area contributed by atoms with E-state index in [0.717, 1.165) is 12.8 Å². The summed E-state index contributed by atoms with van der Waals surface area (Å²) in [5.41, 5.74) is 5.71. The van der Waals surface area contributed by atoms with Gasteiger partial charge in [-0.1, -0.05) is 12.2 Å². The predicted octanol–water partition coefficient (Wildman–Crippen LogP) is 2.52. The number of allylic oxidation sites excluding steroid dienone is 2. The maximum atomic E-state index is 5.71. The van der Waals surface area contributed by atoms with Crippen molar-refractivity contribution in [2.24, 2.45) is 11.7 Å². The Bertz CT molecular complexity index is 100. The molecule has 0 amide bonds. The van der Waals surface area contributed by atoms with Gasteiger partial charge in [-0.2, -0.15) is 0 Å². The smallest absolute Gasteiger partial charge is 0.00446 e. The molecule has 2 N–H and O–H groups in total. The average molecular weight is 176 g/mol. The van der Waals surface area contributed by atoms with E-state index in [2.05, 4.69) is 13.2 Å². The van der Waals surface area contributed by atoms with Gasteiger partial charge in [0.2, 0.25) is 0 Å². The fourth-order valence-corrected chi connectivity index (χ4v) is 0.954. The third kappa shape index (κ3) is 6.14. The van der Waals surface area contributed by atoms with Gasteiger partial charge in [0.1, 0.15) is 0 Å². The number of hydrogen-bond donors (Lipinski definition) is 1. The van der Waals surface area contributed by atoms with Crippen LogP contribution in [0.15, 0.2) is 25.3 Å². The van der Waals surface area contributed by atoms with E-state index in [4.69, 9.17) is 5.73 Å². The zero-order valence-electron chi connectivity index (χ0n) is 7.12. The van der Waals surface area contributed by atoms with Crippen LogP contribution in [-0.2, 0) is 0 Å². The Balaban J connectivity index is 0. The van der Waals surface area contributed by atoms with Crippen molar-refractivity contribution < 1.29 is 0 Å². The summed E-state index contributed by atoms with van der Waals surface area (Å²) in [7, 11) is 0. The van der Waals surface area contributed by atoms with E-state index in [1.165, 1.54) is 0 Å². The Hall–Kier alpha value is -0.270. The van der Waals surface area contributed by atoms with Gasteiger partial charge in [0.25, 0.3) is 0 Å². The molecule has 0 fully saturated rings. The van der Waals surface area contributed by atoms with Crippen LogP contribution in [0.3, 0.4) is 0 Å². The molecule has 11 heavy (non-hydrogen) atoms. The van der Waals surface area contributed by atoms with Gasteiger partial charge < -0.3 is 5.73 Å². The fourth-order valence-electron chi connectivity index (χ4n) is 0.954. The highest BCUT2D eigenvalue weighted by atomic mass is 35.5. The first-order chi connectivity index (χ1) is 4.72. The minimum atomic E-state index is 0. The van der Waals surface area contributed by atoms with Gasteiger partial charge in [0.05, 0.1) is 0 Å². The van der Waals surface area contributed by atoms with Crippen molar-refractivity contribution in [1.82, 2.24) is 0 Å². The summed E-state index contributed by atoms with van der Waals surface area (Å²) in [4.78, 5) is 0. The summed E-state index contributed by atoms with van der Waals surface area (Å²) in [6.07, 6.45) is 5.81. The van der Waals surface area contributed by atoms with E-state index < -0.39 is 0 Å². The zero-order chi connectivity index (χ0) is 7.98. The zero-order valence-corrected chi connectivity index (χ0v) is 7.94. The lowest BCUT2D eigenvalue weighted by molar-refractivity contribution is 0.454. The molecular weight excluding hydrogens is 158 g/mol. The minimum absolute atomic E-state index is 0. The first-order valence-electron chi connectivity index (χ1n) is 3.69. The maximum absolute atomic E-state index is 5.71. The highest BCUT2D eigenvalue weighted by Crippen LogP contribution is 2.12. The van der Waals surface area contributed by atoms with Crippen molar-refractivity contribution >= 4 is 12.4 Å². The first-order valence-corrected chi connectivity index (χ1v) is 3.69. The molecule has 66 valence electrons. The van der Waals surface area contributed by atoms with Crippen LogP contribution in [0.1, 0.15) is 19.8 Å². The molecule has 0 radical (unpaired) electrons. The molecule has 2 heteroatoms. The number of nitrogens with two attached hydrogens (primary N) is 1. The number of halogens is 1. The fraction of sp³-hybridized carbons (Fsp3) is 0.556. The predicted molar refractivity (Wildman–Crippen MR) is 54.0 cm³/mol. The van der Waals surface area contributed by atoms with Gasteiger partial charge in [-0.05, 0) is 25.7 Å². The van der Waals surface area contributed by atoms with Crippen molar-refractivity contribution in [3.63, 3.8) is 0 Å². The molecular formula is C9H18ClN. The molecule has 0 aromatic carbocycles. The van der Waals surface area contributed by atoms with E-state index in [0.29, 0.717) is 5.92 Å². The Morgan fingerprint density at radius 1 is 1.27 bits per heavy atom. The number of rotatable bonds is 5. The van der Waals surface area contributed by atoms with Crippen molar-refractivity contribution in [2.75, 3.05) is 0 Å². The van der Waals surface area contributed by atoms with E-state index in [1.807, 2.05) is 19.1 Å². The van der Waals surface area contributed by atoms with Crippen LogP contribution in [0.5, 0.6) is 0 Å². The largest absolute Gasteiger partial charge is 0.328 e. The Labute approximate surface area is 75.8 Å². The van der Waals surface area contributed by atoms with Crippen LogP contribution in [0.4, 0.5) is 0 Å². The van der Waals surface area contributed by atoms with Gasteiger partial charge in [-0.3, -0.25) is 0 Å². The molecule has 1 unspecified atom stereocenters. The van der Waals surface area contributed by atoms with Crippen LogP contribution >= 0.6 is 12.4 Å². The van der Waals surface area contributed by atoms with Crippen molar-refractivity contribution in [2.45, 2.75) is 25.8 Å². The number of hydrogen-bond acceptors (Lipinski definition) is 1. The van der Waals surface area contributed by atoms with Gasteiger partial charge in [0.15, 0.2) is 0 Å². The van der Waals surface area contributed by atoms with Gasteiger partial charge >= 0.3 is 0 Å². The van der Waals surface area contributed by atoms with Gasteiger partial charge in [0, 0.05) is 6.04 Å². The molecule has 0 aromatic heterocycles.